The number of aromatic nitrogens is 3. The van der Waals surface area contributed by atoms with Crippen molar-refractivity contribution in [3.05, 3.63) is 76.9 Å². The zero-order chi connectivity index (χ0) is 21.3. The Morgan fingerprint density at radius 3 is 2.43 bits per heavy atom. The summed E-state index contributed by atoms with van der Waals surface area (Å²) >= 11 is 0. The fourth-order valence-electron chi connectivity index (χ4n) is 3.26. The van der Waals surface area contributed by atoms with Crippen molar-refractivity contribution in [1.29, 1.82) is 0 Å². The van der Waals surface area contributed by atoms with Crippen molar-refractivity contribution in [3.8, 4) is 11.4 Å². The third-order valence-electron chi connectivity index (χ3n) is 5.07. The average molecular weight is 400 g/mol. The minimum absolute atomic E-state index is 0.0583. The van der Waals surface area contributed by atoms with Crippen LogP contribution in [0.4, 0.5) is 5.69 Å². The highest BCUT2D eigenvalue weighted by Gasteiger charge is 2.09. The van der Waals surface area contributed by atoms with Crippen LogP contribution < -0.4 is 10.1 Å². The molecule has 3 aromatic carbocycles. The number of hydrogen-bond donors (Lipinski definition) is 1. The number of anilines is 1. The molecule has 4 aromatic rings. The highest BCUT2D eigenvalue weighted by Crippen LogP contribution is 2.20. The summed E-state index contributed by atoms with van der Waals surface area (Å²) < 4.78 is 5.65. The number of hydrogen-bond acceptors (Lipinski definition) is 4. The van der Waals surface area contributed by atoms with E-state index in [9.17, 15) is 4.79 Å². The van der Waals surface area contributed by atoms with Gasteiger partial charge in [0.15, 0.2) is 6.61 Å². The van der Waals surface area contributed by atoms with Crippen LogP contribution in [0.15, 0.2) is 54.6 Å². The van der Waals surface area contributed by atoms with Crippen LogP contribution in [0.1, 0.15) is 22.3 Å². The molecule has 0 saturated heterocycles. The van der Waals surface area contributed by atoms with E-state index >= 15 is 0 Å². The number of nitrogens with one attached hydrogen (secondary N) is 1. The fraction of sp³-hybridized carbons (Fsp3) is 0.208. The summed E-state index contributed by atoms with van der Waals surface area (Å²) in [5, 5.41) is 12.0. The Morgan fingerprint density at radius 1 is 0.867 bits per heavy atom. The Hall–Kier alpha value is -3.67. The average Bonchev–Trinajstić information content (AvgIpc) is 3.13. The third kappa shape index (κ3) is 4.17. The van der Waals surface area contributed by atoms with E-state index in [1.54, 1.807) is 4.80 Å². The zero-order valence-electron chi connectivity index (χ0n) is 17.6. The van der Waals surface area contributed by atoms with Crippen LogP contribution in [0.25, 0.3) is 16.7 Å². The van der Waals surface area contributed by atoms with Crippen LogP contribution in [0.2, 0.25) is 0 Å². The van der Waals surface area contributed by atoms with E-state index in [2.05, 4.69) is 41.5 Å². The molecule has 4 rings (SSSR count). The van der Waals surface area contributed by atoms with E-state index in [-0.39, 0.29) is 12.5 Å². The van der Waals surface area contributed by atoms with Crippen molar-refractivity contribution < 1.29 is 9.53 Å². The smallest absolute Gasteiger partial charge is 0.262 e. The van der Waals surface area contributed by atoms with Gasteiger partial charge >= 0.3 is 0 Å². The van der Waals surface area contributed by atoms with Crippen molar-refractivity contribution >= 4 is 22.6 Å². The summed E-state index contributed by atoms with van der Waals surface area (Å²) in [5.41, 5.74) is 7.61. The van der Waals surface area contributed by atoms with Crippen molar-refractivity contribution in [2.75, 3.05) is 11.9 Å². The lowest BCUT2D eigenvalue weighted by atomic mass is 10.1. The molecule has 0 saturated carbocycles. The van der Waals surface area contributed by atoms with Gasteiger partial charge in [-0.2, -0.15) is 4.80 Å². The van der Waals surface area contributed by atoms with Gasteiger partial charge in [-0.15, -0.1) is 10.2 Å². The van der Waals surface area contributed by atoms with Gasteiger partial charge in [0.25, 0.3) is 5.91 Å². The molecule has 0 spiro atoms. The number of fused-ring (bicyclic) bond motifs is 1. The lowest BCUT2D eigenvalue weighted by molar-refractivity contribution is -0.118. The topological polar surface area (TPSA) is 69.0 Å². The number of amides is 1. The Bertz CT molecular complexity index is 1240. The largest absolute Gasteiger partial charge is 0.483 e. The number of nitrogens with zero attached hydrogens (tertiary/aromatic N) is 3. The molecule has 0 unspecified atom stereocenters. The molecule has 1 heterocycles. The van der Waals surface area contributed by atoms with Gasteiger partial charge < -0.3 is 10.1 Å². The number of ether oxygens (including phenoxy) is 1. The predicted octanol–water partition coefficient (Wildman–Crippen LogP) is 4.67. The molecule has 0 aliphatic rings. The van der Waals surface area contributed by atoms with E-state index in [4.69, 9.17) is 4.74 Å². The Labute approximate surface area is 175 Å². The van der Waals surface area contributed by atoms with Crippen LogP contribution in [0, 0.1) is 27.7 Å². The molecular formula is C24H24N4O2. The van der Waals surface area contributed by atoms with Crippen molar-refractivity contribution in [1.82, 2.24) is 15.0 Å². The third-order valence-corrected chi connectivity index (χ3v) is 5.07. The number of benzene rings is 3. The van der Waals surface area contributed by atoms with E-state index in [1.165, 1.54) is 11.1 Å². The second-order valence-electron chi connectivity index (χ2n) is 7.57. The predicted molar refractivity (Wildman–Crippen MR) is 118 cm³/mol. The maximum atomic E-state index is 12.3. The number of aryl methyl sites for hydroxylation is 4. The second-order valence-corrected chi connectivity index (χ2v) is 7.57. The van der Waals surface area contributed by atoms with Gasteiger partial charge in [0, 0.05) is 5.69 Å². The molecule has 6 heteroatoms. The normalized spacial score (nSPS) is 10.9. The highest BCUT2D eigenvalue weighted by atomic mass is 16.5. The molecule has 0 bridgehead atoms. The molecular weight excluding hydrogens is 376 g/mol. The van der Waals surface area contributed by atoms with Gasteiger partial charge in [-0.05, 0) is 80.8 Å². The van der Waals surface area contributed by atoms with E-state index < -0.39 is 0 Å². The van der Waals surface area contributed by atoms with Gasteiger partial charge in [-0.25, -0.2) is 0 Å². The van der Waals surface area contributed by atoms with Crippen LogP contribution in [0.5, 0.6) is 5.75 Å². The second kappa shape index (κ2) is 7.99. The first-order chi connectivity index (χ1) is 14.4. The first-order valence-electron chi connectivity index (χ1n) is 9.84. The Kier molecular flexibility index (Phi) is 5.23. The molecule has 0 aliphatic heterocycles. The molecule has 152 valence electrons. The molecule has 6 nitrogen and oxygen atoms in total. The van der Waals surface area contributed by atoms with Gasteiger partial charge in [-0.3, -0.25) is 4.79 Å². The van der Waals surface area contributed by atoms with E-state index in [1.807, 2.05) is 56.3 Å². The zero-order valence-corrected chi connectivity index (χ0v) is 17.6. The van der Waals surface area contributed by atoms with Crippen LogP contribution >= 0.6 is 0 Å². The lowest BCUT2D eigenvalue weighted by Gasteiger charge is -2.10. The molecule has 1 aromatic heterocycles. The van der Waals surface area contributed by atoms with E-state index in [0.717, 1.165) is 22.3 Å². The highest BCUT2D eigenvalue weighted by molar-refractivity contribution is 5.93. The molecule has 30 heavy (non-hydrogen) atoms. The lowest BCUT2D eigenvalue weighted by Crippen LogP contribution is -2.20. The summed E-state index contributed by atoms with van der Waals surface area (Å²) in [5.74, 6) is 0.485. The van der Waals surface area contributed by atoms with Gasteiger partial charge in [0.2, 0.25) is 0 Å². The van der Waals surface area contributed by atoms with Crippen LogP contribution in [-0.2, 0) is 4.79 Å². The maximum Gasteiger partial charge on any atom is 0.262 e. The summed E-state index contributed by atoms with van der Waals surface area (Å²) in [6.07, 6.45) is 0. The van der Waals surface area contributed by atoms with Gasteiger partial charge in [0.05, 0.1) is 5.69 Å². The fourth-order valence-corrected chi connectivity index (χ4v) is 3.26. The minimum Gasteiger partial charge on any atom is -0.483 e. The summed E-state index contributed by atoms with van der Waals surface area (Å²) in [7, 11) is 0. The van der Waals surface area contributed by atoms with E-state index in [0.29, 0.717) is 17.0 Å². The Morgan fingerprint density at radius 2 is 1.67 bits per heavy atom. The summed E-state index contributed by atoms with van der Waals surface area (Å²) in [6, 6.07) is 17.5. The summed E-state index contributed by atoms with van der Waals surface area (Å²) in [4.78, 5) is 13.9. The van der Waals surface area contributed by atoms with Gasteiger partial charge in [-0.1, -0.05) is 23.8 Å². The van der Waals surface area contributed by atoms with Crippen molar-refractivity contribution in [2.24, 2.45) is 0 Å². The number of carbonyl (C=O) groups is 1. The van der Waals surface area contributed by atoms with Crippen LogP contribution in [0.3, 0.4) is 0 Å². The minimum atomic E-state index is -0.226. The van der Waals surface area contributed by atoms with Gasteiger partial charge in [0.1, 0.15) is 16.8 Å². The van der Waals surface area contributed by atoms with Crippen molar-refractivity contribution in [3.63, 3.8) is 0 Å². The molecule has 1 N–H and O–H groups in total. The maximum absolute atomic E-state index is 12.3. The first-order valence-corrected chi connectivity index (χ1v) is 9.84. The molecule has 0 radical (unpaired) electrons. The number of rotatable bonds is 5. The molecule has 0 aliphatic carbocycles. The monoisotopic (exact) mass is 400 g/mol. The Balaban J connectivity index is 1.46. The SMILES string of the molecule is Cc1ccc(OCC(=O)Nc2ccc3nn(-c4ccc(C)c(C)c4)nc3c2)c(C)c1. The molecule has 0 atom stereocenters. The van der Waals surface area contributed by atoms with Crippen molar-refractivity contribution in [2.45, 2.75) is 27.7 Å². The van der Waals surface area contributed by atoms with Crippen LogP contribution in [-0.4, -0.2) is 27.5 Å². The standard InChI is InChI=1S/C24H24N4O2/c1-15-5-10-23(18(4)11-15)30-14-24(29)25-19-7-9-21-22(13-19)27-28(26-21)20-8-6-16(2)17(3)12-20/h5-13H,14H2,1-4H3,(H,25,29). The first kappa shape index (κ1) is 19.6. The molecule has 1 amide bonds. The number of carbonyl (C=O) groups excluding carboxylic acids is 1. The molecule has 0 fully saturated rings. The summed E-state index contributed by atoms with van der Waals surface area (Å²) in [6.45, 7) is 8.07. The quantitative estimate of drug-likeness (QED) is 0.528.